The van der Waals surface area contributed by atoms with Crippen molar-refractivity contribution in [3.63, 3.8) is 0 Å². The van der Waals surface area contributed by atoms with E-state index in [1.165, 1.54) is 12.4 Å². The number of nitrogens with zero attached hydrogens (tertiary/aromatic N) is 4. The lowest BCUT2D eigenvalue weighted by Gasteiger charge is -2.34. The highest BCUT2D eigenvalue weighted by Gasteiger charge is 2.19. The van der Waals surface area contributed by atoms with Crippen molar-refractivity contribution in [1.82, 2.24) is 14.9 Å². The second-order valence-corrected chi connectivity index (χ2v) is 6.68. The Morgan fingerprint density at radius 3 is 2.36 bits per heavy atom. The van der Waals surface area contributed by atoms with Gasteiger partial charge in [-0.15, -0.1) is 0 Å². The van der Waals surface area contributed by atoms with Gasteiger partial charge in [-0.3, -0.25) is 4.90 Å². The molecule has 1 atom stereocenters. The number of hydrogen-bond donors (Lipinski definition) is 1. The molecule has 1 fully saturated rings. The van der Waals surface area contributed by atoms with Gasteiger partial charge in [-0.05, 0) is 37.1 Å². The summed E-state index contributed by atoms with van der Waals surface area (Å²) in [5.74, 6) is 0.167. The largest absolute Gasteiger partial charge is 0.388 e. The molecule has 1 aromatic carbocycles. The van der Waals surface area contributed by atoms with Crippen LogP contribution >= 0.6 is 11.6 Å². The van der Waals surface area contributed by atoms with E-state index in [0.29, 0.717) is 11.0 Å². The van der Waals surface area contributed by atoms with Crippen LogP contribution in [0.4, 0.5) is 10.3 Å². The van der Waals surface area contributed by atoms with Gasteiger partial charge in [0.2, 0.25) is 5.95 Å². The maximum atomic E-state index is 12.9. The van der Waals surface area contributed by atoms with Gasteiger partial charge in [-0.1, -0.05) is 23.7 Å². The van der Waals surface area contributed by atoms with Crippen LogP contribution in [0.3, 0.4) is 0 Å². The van der Waals surface area contributed by atoms with Crippen LogP contribution in [0, 0.1) is 5.82 Å². The molecule has 2 heterocycles. The van der Waals surface area contributed by atoms with Crippen LogP contribution in [-0.4, -0.2) is 52.7 Å². The molecular weight excluding hydrogens is 343 g/mol. The van der Waals surface area contributed by atoms with E-state index in [2.05, 4.69) is 19.8 Å². The molecule has 7 heteroatoms. The molecule has 0 amide bonds. The summed E-state index contributed by atoms with van der Waals surface area (Å²) in [5.41, 5.74) is 0.905. The summed E-state index contributed by atoms with van der Waals surface area (Å²) >= 11 is 5.87. The Bertz CT molecular complexity index is 660. The van der Waals surface area contributed by atoms with Crippen molar-refractivity contribution < 1.29 is 9.50 Å². The molecule has 1 aliphatic heterocycles. The van der Waals surface area contributed by atoms with Gasteiger partial charge >= 0.3 is 0 Å². The van der Waals surface area contributed by atoms with Gasteiger partial charge in [0.25, 0.3) is 0 Å². The zero-order valence-electron chi connectivity index (χ0n) is 14.0. The first-order valence-electron chi connectivity index (χ1n) is 8.50. The Labute approximate surface area is 152 Å². The highest BCUT2D eigenvalue weighted by molar-refractivity contribution is 6.30. The van der Waals surface area contributed by atoms with Crippen molar-refractivity contribution in [2.24, 2.45) is 0 Å². The molecule has 2 aromatic rings. The first kappa shape index (κ1) is 18.0. The Balaban J connectivity index is 1.39. The summed E-state index contributed by atoms with van der Waals surface area (Å²) in [4.78, 5) is 12.5. The molecule has 1 aliphatic rings. The minimum atomic E-state index is -0.453. The summed E-state index contributed by atoms with van der Waals surface area (Å²) in [6, 6.07) is 7.34. The normalized spacial score (nSPS) is 16.8. The quantitative estimate of drug-likeness (QED) is 0.854. The number of hydrogen-bond acceptors (Lipinski definition) is 5. The number of piperazine rings is 1. The van der Waals surface area contributed by atoms with Crippen molar-refractivity contribution in [3.05, 3.63) is 53.1 Å². The summed E-state index contributed by atoms with van der Waals surface area (Å²) in [5, 5.41) is 10.9. The predicted molar refractivity (Wildman–Crippen MR) is 96.3 cm³/mol. The van der Waals surface area contributed by atoms with Crippen molar-refractivity contribution in [2.75, 3.05) is 37.6 Å². The minimum absolute atomic E-state index is 0.415. The Morgan fingerprint density at radius 2 is 1.72 bits per heavy atom. The van der Waals surface area contributed by atoms with Crippen molar-refractivity contribution in [2.45, 2.75) is 18.9 Å². The van der Waals surface area contributed by atoms with Crippen LogP contribution in [0.1, 0.15) is 24.5 Å². The molecule has 0 radical (unpaired) electrons. The van der Waals surface area contributed by atoms with Crippen LogP contribution in [0.25, 0.3) is 0 Å². The second-order valence-electron chi connectivity index (χ2n) is 6.24. The predicted octanol–water partition coefficient (Wildman–Crippen LogP) is 2.90. The molecule has 1 aromatic heterocycles. The van der Waals surface area contributed by atoms with Gasteiger partial charge < -0.3 is 10.0 Å². The van der Waals surface area contributed by atoms with E-state index in [-0.39, 0.29) is 0 Å². The van der Waals surface area contributed by atoms with Crippen molar-refractivity contribution in [1.29, 1.82) is 0 Å². The Kier molecular flexibility index (Phi) is 6.18. The number of aliphatic hydroxyl groups excluding tert-OH is 1. The van der Waals surface area contributed by atoms with E-state index in [0.717, 1.165) is 51.1 Å². The van der Waals surface area contributed by atoms with Gasteiger partial charge in [0.1, 0.15) is 0 Å². The average molecular weight is 365 g/mol. The molecule has 3 rings (SSSR count). The molecule has 1 saturated heterocycles. The standard InChI is InChI=1S/C18H22ClFN4O/c19-15-5-3-14(4-6-15)17(25)2-1-7-23-8-10-24(11-9-23)18-21-12-16(20)13-22-18/h3-6,12-13,17,25H,1-2,7-11H2. The summed E-state index contributed by atoms with van der Waals surface area (Å²) in [6.07, 6.45) is 3.60. The van der Waals surface area contributed by atoms with Gasteiger partial charge in [-0.25, -0.2) is 14.4 Å². The second kappa shape index (κ2) is 8.56. The molecule has 0 spiro atoms. The van der Waals surface area contributed by atoms with Crippen LogP contribution in [0.5, 0.6) is 0 Å². The number of rotatable bonds is 6. The zero-order chi connectivity index (χ0) is 17.6. The fourth-order valence-electron chi connectivity index (χ4n) is 3.00. The lowest BCUT2D eigenvalue weighted by molar-refractivity contribution is 0.154. The molecule has 1 unspecified atom stereocenters. The van der Waals surface area contributed by atoms with E-state index in [9.17, 15) is 9.50 Å². The van der Waals surface area contributed by atoms with E-state index < -0.39 is 11.9 Å². The number of benzene rings is 1. The van der Waals surface area contributed by atoms with Gasteiger partial charge in [-0.2, -0.15) is 0 Å². The lowest BCUT2D eigenvalue weighted by atomic mass is 10.0. The SMILES string of the molecule is OC(CCCN1CCN(c2ncc(F)cn2)CC1)c1ccc(Cl)cc1. The number of aliphatic hydroxyl groups is 1. The van der Waals surface area contributed by atoms with Crippen molar-refractivity contribution >= 4 is 17.5 Å². The number of anilines is 1. The van der Waals surface area contributed by atoms with Crippen LogP contribution in [0.15, 0.2) is 36.7 Å². The van der Waals surface area contributed by atoms with Crippen LogP contribution < -0.4 is 4.90 Å². The van der Waals surface area contributed by atoms with E-state index in [4.69, 9.17) is 11.6 Å². The third-order valence-corrected chi connectivity index (χ3v) is 4.72. The summed E-state index contributed by atoms with van der Waals surface area (Å²) in [6.45, 7) is 4.43. The first-order valence-corrected chi connectivity index (χ1v) is 8.88. The summed E-state index contributed by atoms with van der Waals surface area (Å²) in [7, 11) is 0. The van der Waals surface area contributed by atoms with Gasteiger partial charge in [0.15, 0.2) is 5.82 Å². The lowest BCUT2D eigenvalue weighted by Crippen LogP contribution is -2.47. The molecule has 0 aliphatic carbocycles. The average Bonchev–Trinajstić information content (AvgIpc) is 2.63. The monoisotopic (exact) mass is 364 g/mol. The molecule has 1 N–H and O–H groups in total. The van der Waals surface area contributed by atoms with Crippen LogP contribution in [-0.2, 0) is 0 Å². The van der Waals surface area contributed by atoms with Gasteiger partial charge in [0.05, 0.1) is 18.5 Å². The third kappa shape index (κ3) is 5.11. The highest BCUT2D eigenvalue weighted by Crippen LogP contribution is 2.21. The fraction of sp³-hybridized carbons (Fsp3) is 0.444. The summed E-state index contributed by atoms with van der Waals surface area (Å²) < 4.78 is 12.9. The first-order chi connectivity index (χ1) is 12.1. The van der Waals surface area contributed by atoms with E-state index in [1.54, 1.807) is 12.1 Å². The molecule has 0 bridgehead atoms. The molecule has 134 valence electrons. The smallest absolute Gasteiger partial charge is 0.225 e. The van der Waals surface area contributed by atoms with E-state index in [1.807, 2.05) is 12.1 Å². The Morgan fingerprint density at radius 1 is 1.08 bits per heavy atom. The molecular formula is C18H22ClFN4O. The number of aromatic nitrogens is 2. The van der Waals surface area contributed by atoms with Crippen LogP contribution in [0.2, 0.25) is 5.02 Å². The molecule has 25 heavy (non-hydrogen) atoms. The zero-order valence-corrected chi connectivity index (χ0v) is 14.7. The highest BCUT2D eigenvalue weighted by atomic mass is 35.5. The topological polar surface area (TPSA) is 52.5 Å². The minimum Gasteiger partial charge on any atom is -0.388 e. The molecule has 5 nitrogen and oxygen atoms in total. The fourth-order valence-corrected chi connectivity index (χ4v) is 3.13. The maximum Gasteiger partial charge on any atom is 0.225 e. The Hall–Kier alpha value is -1.76. The van der Waals surface area contributed by atoms with E-state index >= 15 is 0 Å². The maximum absolute atomic E-state index is 12.9. The number of halogens is 2. The van der Waals surface area contributed by atoms with Crippen molar-refractivity contribution in [3.8, 4) is 0 Å². The van der Waals surface area contributed by atoms with Gasteiger partial charge in [0, 0.05) is 31.2 Å². The third-order valence-electron chi connectivity index (χ3n) is 4.47. The molecule has 0 saturated carbocycles.